The smallest absolute Gasteiger partial charge is 0.142 e. The van der Waals surface area contributed by atoms with E-state index < -0.39 is 0 Å². The van der Waals surface area contributed by atoms with Gasteiger partial charge in [-0.1, -0.05) is 91.0 Å². The highest BCUT2D eigenvalue weighted by Gasteiger charge is 2.22. The van der Waals surface area contributed by atoms with E-state index >= 15 is 0 Å². The molecule has 4 nitrogen and oxygen atoms in total. The van der Waals surface area contributed by atoms with Crippen LogP contribution in [0.15, 0.2) is 97.1 Å². The fourth-order valence-electron chi connectivity index (χ4n) is 4.37. The van der Waals surface area contributed by atoms with Crippen LogP contribution in [0.1, 0.15) is 5.56 Å². The fourth-order valence-corrected chi connectivity index (χ4v) is 5.58. The Balaban J connectivity index is 1.78. The van der Waals surface area contributed by atoms with Crippen molar-refractivity contribution in [1.29, 1.82) is 5.26 Å². The minimum atomic E-state index is 0.236. The Morgan fingerprint density at radius 3 is 1.94 bits per heavy atom. The van der Waals surface area contributed by atoms with Crippen molar-refractivity contribution < 1.29 is 0 Å². The Morgan fingerprint density at radius 1 is 0.735 bits per heavy atom. The van der Waals surface area contributed by atoms with Crippen LogP contribution in [0, 0.1) is 11.3 Å². The Labute approximate surface area is 200 Å². The van der Waals surface area contributed by atoms with Crippen LogP contribution in [-0.2, 0) is 0 Å². The molecule has 0 bridgehead atoms. The van der Waals surface area contributed by atoms with Crippen molar-refractivity contribution in [2.24, 2.45) is 0 Å². The number of benzene rings is 3. The highest BCUT2D eigenvalue weighted by Crippen LogP contribution is 2.45. The summed E-state index contributed by atoms with van der Waals surface area (Å²) in [5.41, 5.74) is 13.3. The summed E-state index contributed by atoms with van der Waals surface area (Å²) < 4.78 is 0.918. The summed E-state index contributed by atoms with van der Waals surface area (Å²) in [5.74, 6) is 0.236. The molecule has 34 heavy (non-hydrogen) atoms. The Bertz CT molecular complexity index is 1700. The summed E-state index contributed by atoms with van der Waals surface area (Å²) in [6.45, 7) is 0. The summed E-state index contributed by atoms with van der Waals surface area (Å²) in [6.07, 6.45) is 0. The first-order chi connectivity index (χ1) is 16.7. The summed E-state index contributed by atoms with van der Waals surface area (Å²) in [5, 5.41) is 10.9. The van der Waals surface area contributed by atoms with Gasteiger partial charge in [0.25, 0.3) is 0 Å². The lowest BCUT2D eigenvalue weighted by atomic mass is 9.97. The van der Waals surface area contributed by atoms with Crippen molar-refractivity contribution in [1.82, 2.24) is 9.97 Å². The molecule has 0 amide bonds. The van der Waals surface area contributed by atoms with Crippen molar-refractivity contribution in [2.75, 3.05) is 5.73 Å². The first-order valence-electron chi connectivity index (χ1n) is 10.9. The molecule has 0 aliphatic carbocycles. The van der Waals surface area contributed by atoms with Crippen LogP contribution in [0.25, 0.3) is 53.9 Å². The van der Waals surface area contributed by atoms with Crippen molar-refractivity contribution in [3.63, 3.8) is 0 Å². The number of anilines is 1. The standard InChI is InChI=1S/C29H18N4S/c30-17-22-24(20-14-8-3-9-15-20)27-26(33-28(22)31)25-21(18-10-4-1-5-11-18)16-23(32-29(25)34-27)19-12-6-2-7-13-19/h1-16H,(H2,31,33). The van der Waals surface area contributed by atoms with Gasteiger partial charge in [-0.2, -0.15) is 5.26 Å². The fraction of sp³-hybridized carbons (Fsp3) is 0. The second-order valence-electron chi connectivity index (χ2n) is 7.97. The maximum atomic E-state index is 9.94. The molecule has 0 aliphatic rings. The SMILES string of the molecule is N#Cc1c(N)nc2c(sc3nc(-c4ccccc4)cc(-c4ccccc4)c32)c1-c1ccccc1. The Kier molecular flexibility index (Phi) is 4.80. The molecule has 0 saturated heterocycles. The van der Waals surface area contributed by atoms with E-state index in [-0.39, 0.29) is 5.82 Å². The van der Waals surface area contributed by atoms with Gasteiger partial charge in [-0.25, -0.2) is 9.97 Å². The number of nitrogens with two attached hydrogens (primary N) is 1. The van der Waals surface area contributed by atoms with E-state index in [0.717, 1.165) is 53.9 Å². The van der Waals surface area contributed by atoms with E-state index in [1.807, 2.05) is 66.7 Å². The summed E-state index contributed by atoms with van der Waals surface area (Å²) in [7, 11) is 0. The lowest BCUT2D eigenvalue weighted by Crippen LogP contribution is -1.98. The maximum Gasteiger partial charge on any atom is 0.142 e. The monoisotopic (exact) mass is 454 g/mol. The van der Waals surface area contributed by atoms with E-state index in [1.54, 1.807) is 11.3 Å². The topological polar surface area (TPSA) is 75.6 Å². The number of nitrogen functional groups attached to an aromatic ring is 1. The van der Waals surface area contributed by atoms with E-state index in [0.29, 0.717) is 5.56 Å². The third-order valence-electron chi connectivity index (χ3n) is 5.93. The molecule has 0 aliphatic heterocycles. The molecule has 6 aromatic rings. The number of hydrogen-bond donors (Lipinski definition) is 1. The number of nitrogens with zero attached hydrogens (tertiary/aromatic N) is 3. The number of hydrogen-bond acceptors (Lipinski definition) is 5. The second-order valence-corrected chi connectivity index (χ2v) is 8.97. The zero-order valence-electron chi connectivity index (χ0n) is 18.1. The van der Waals surface area contributed by atoms with Crippen molar-refractivity contribution in [3.05, 3.63) is 103 Å². The van der Waals surface area contributed by atoms with Crippen LogP contribution >= 0.6 is 11.3 Å². The Morgan fingerprint density at radius 2 is 1.32 bits per heavy atom. The van der Waals surface area contributed by atoms with Crippen molar-refractivity contribution in [3.8, 4) is 39.6 Å². The van der Waals surface area contributed by atoms with Crippen LogP contribution in [-0.4, -0.2) is 9.97 Å². The van der Waals surface area contributed by atoms with Crippen LogP contribution in [0.4, 0.5) is 5.82 Å². The first-order valence-corrected chi connectivity index (χ1v) is 11.7. The van der Waals surface area contributed by atoms with Crippen molar-refractivity contribution >= 4 is 37.6 Å². The molecule has 0 unspecified atom stereocenters. The number of aromatic nitrogens is 2. The molecule has 2 N–H and O–H groups in total. The summed E-state index contributed by atoms with van der Waals surface area (Å²) >= 11 is 1.56. The molecule has 0 atom stereocenters. The van der Waals surface area contributed by atoms with Gasteiger partial charge < -0.3 is 5.73 Å². The number of rotatable bonds is 3. The second kappa shape index (κ2) is 8.11. The van der Waals surface area contributed by atoms with E-state index in [1.165, 1.54) is 0 Å². The molecule has 3 aromatic heterocycles. The Hall–Kier alpha value is -4.53. The lowest BCUT2D eigenvalue weighted by Gasteiger charge is -2.10. The predicted octanol–water partition coefficient (Wildman–Crippen LogP) is 7.30. The van der Waals surface area contributed by atoms with Gasteiger partial charge in [-0.05, 0) is 22.8 Å². The molecule has 0 saturated carbocycles. The van der Waals surface area contributed by atoms with Crippen molar-refractivity contribution in [2.45, 2.75) is 0 Å². The van der Waals surface area contributed by atoms with Gasteiger partial charge in [0.2, 0.25) is 0 Å². The molecular weight excluding hydrogens is 436 g/mol. The maximum absolute atomic E-state index is 9.94. The zero-order chi connectivity index (χ0) is 23.1. The predicted molar refractivity (Wildman–Crippen MR) is 140 cm³/mol. The van der Waals surface area contributed by atoms with Gasteiger partial charge >= 0.3 is 0 Å². The van der Waals surface area contributed by atoms with Gasteiger partial charge in [-0.15, -0.1) is 11.3 Å². The molecule has 0 spiro atoms. The average Bonchev–Trinajstić information content (AvgIpc) is 3.26. The van der Waals surface area contributed by atoms with E-state index in [2.05, 4.69) is 36.4 Å². The zero-order valence-corrected chi connectivity index (χ0v) is 18.9. The molecule has 160 valence electrons. The van der Waals surface area contributed by atoms with Crippen LogP contribution in [0.3, 0.4) is 0 Å². The average molecular weight is 455 g/mol. The van der Waals surface area contributed by atoms with Gasteiger partial charge in [0.1, 0.15) is 22.3 Å². The number of nitriles is 1. The lowest BCUT2D eigenvalue weighted by molar-refractivity contribution is 1.38. The first kappa shape index (κ1) is 20.1. The molecule has 0 radical (unpaired) electrons. The highest BCUT2D eigenvalue weighted by atomic mass is 32.1. The number of fused-ring (bicyclic) bond motifs is 3. The quantitative estimate of drug-likeness (QED) is 0.304. The number of pyridine rings is 2. The van der Waals surface area contributed by atoms with E-state index in [9.17, 15) is 5.26 Å². The third-order valence-corrected chi connectivity index (χ3v) is 7.02. The summed E-state index contributed by atoms with van der Waals surface area (Å²) in [6, 6.07) is 34.7. The van der Waals surface area contributed by atoms with Gasteiger partial charge in [0, 0.05) is 16.5 Å². The van der Waals surface area contributed by atoms with Gasteiger partial charge in [0.05, 0.1) is 15.9 Å². The van der Waals surface area contributed by atoms with Gasteiger partial charge in [-0.3, -0.25) is 0 Å². The molecular formula is C29H18N4S. The highest BCUT2D eigenvalue weighted by molar-refractivity contribution is 7.26. The number of thiophene rings is 1. The molecule has 3 aromatic carbocycles. The molecule has 6 rings (SSSR count). The summed E-state index contributed by atoms with van der Waals surface area (Å²) in [4.78, 5) is 10.6. The minimum Gasteiger partial charge on any atom is -0.383 e. The molecule has 5 heteroatoms. The van der Waals surface area contributed by atoms with Gasteiger partial charge in [0.15, 0.2) is 0 Å². The van der Waals surface area contributed by atoms with Crippen LogP contribution in [0.2, 0.25) is 0 Å². The third kappa shape index (κ3) is 3.21. The largest absolute Gasteiger partial charge is 0.383 e. The minimum absolute atomic E-state index is 0.236. The van der Waals surface area contributed by atoms with Crippen LogP contribution in [0.5, 0.6) is 0 Å². The van der Waals surface area contributed by atoms with E-state index in [4.69, 9.17) is 15.7 Å². The molecule has 0 fully saturated rings. The van der Waals surface area contributed by atoms with Crippen LogP contribution < -0.4 is 5.73 Å². The molecule has 3 heterocycles. The normalized spacial score (nSPS) is 11.0.